The molecule has 0 amide bonds. The minimum Gasteiger partial charge on any atom is -0.496 e. The number of aliphatic hydroxyl groups is 1. The molecule has 2 unspecified atom stereocenters. The molecule has 2 nitrogen and oxygen atoms in total. The third-order valence-corrected chi connectivity index (χ3v) is 3.71. The minimum absolute atomic E-state index is 0.107. The second kappa shape index (κ2) is 5.12. The fraction of sp³-hybridized carbons (Fsp3) is 0.231. The van der Waals surface area contributed by atoms with Crippen molar-refractivity contribution in [2.45, 2.75) is 11.8 Å². The molecule has 2 atom stereocenters. The molecule has 2 rings (SSSR count). The Hall–Kier alpha value is -1.10. The normalized spacial score (nSPS) is 27.3. The smallest absolute Gasteiger partial charge is 0.221 e. The molecule has 0 aromatic heterocycles. The van der Waals surface area contributed by atoms with Crippen molar-refractivity contribution in [3.8, 4) is 5.75 Å². The summed E-state index contributed by atoms with van der Waals surface area (Å²) in [7, 11) is 1.32. The largest absolute Gasteiger partial charge is 0.496 e. The van der Waals surface area contributed by atoms with Crippen LogP contribution in [-0.2, 0) is 5.67 Å². The Kier molecular flexibility index (Phi) is 3.85. The zero-order valence-electron chi connectivity index (χ0n) is 9.83. The topological polar surface area (TPSA) is 29.5 Å². The summed E-state index contributed by atoms with van der Waals surface area (Å²) in [5, 5.41) is 9.05. The Morgan fingerprint density at radius 2 is 1.95 bits per heavy atom. The fourth-order valence-corrected chi connectivity index (χ4v) is 2.35. The van der Waals surface area contributed by atoms with Gasteiger partial charge >= 0.3 is 0 Å². The van der Waals surface area contributed by atoms with Gasteiger partial charge in [-0.1, -0.05) is 41.4 Å². The lowest BCUT2D eigenvalue weighted by Crippen LogP contribution is -2.37. The predicted molar refractivity (Wildman–Crippen MR) is 69.7 cm³/mol. The van der Waals surface area contributed by atoms with Crippen LogP contribution in [-0.4, -0.2) is 18.3 Å². The number of benzene rings is 1. The SMILES string of the molecule is COc1ccccc1C1(F)C(F)=C(Cl)C(Cl)=CC1O. The van der Waals surface area contributed by atoms with Crippen molar-refractivity contribution in [2.24, 2.45) is 0 Å². The third-order valence-electron chi connectivity index (χ3n) is 2.93. The maximum Gasteiger partial charge on any atom is 0.221 e. The molecule has 19 heavy (non-hydrogen) atoms. The highest BCUT2D eigenvalue weighted by atomic mass is 35.5. The third kappa shape index (κ3) is 2.14. The van der Waals surface area contributed by atoms with Crippen LogP contribution in [0.3, 0.4) is 0 Å². The van der Waals surface area contributed by atoms with Gasteiger partial charge in [-0.15, -0.1) is 0 Å². The molecule has 0 spiro atoms. The van der Waals surface area contributed by atoms with Gasteiger partial charge in [0, 0.05) is 5.56 Å². The maximum absolute atomic E-state index is 15.0. The first-order chi connectivity index (χ1) is 8.92. The van der Waals surface area contributed by atoms with Crippen molar-refractivity contribution in [3.63, 3.8) is 0 Å². The fourth-order valence-electron chi connectivity index (χ4n) is 1.94. The van der Waals surface area contributed by atoms with Crippen molar-refractivity contribution in [3.05, 3.63) is 51.8 Å². The van der Waals surface area contributed by atoms with Crippen molar-refractivity contribution >= 4 is 23.2 Å². The first kappa shape index (κ1) is 14.3. The maximum atomic E-state index is 15.0. The summed E-state index contributed by atoms with van der Waals surface area (Å²) in [5.74, 6) is -1.23. The van der Waals surface area contributed by atoms with Gasteiger partial charge in [0.05, 0.1) is 17.2 Å². The highest BCUT2D eigenvalue weighted by Gasteiger charge is 2.50. The summed E-state index contributed by atoms with van der Waals surface area (Å²) in [6.07, 6.45) is -0.835. The Morgan fingerprint density at radius 1 is 1.32 bits per heavy atom. The predicted octanol–water partition coefficient (Wildman–Crippen LogP) is 3.78. The molecule has 0 heterocycles. The van der Waals surface area contributed by atoms with Gasteiger partial charge in [0.15, 0.2) is 5.83 Å². The van der Waals surface area contributed by atoms with Gasteiger partial charge in [0.25, 0.3) is 0 Å². The molecule has 0 radical (unpaired) electrons. The first-order valence-corrected chi connectivity index (χ1v) is 6.12. The zero-order chi connectivity index (χ0) is 14.2. The Bertz CT molecular complexity index is 572. The van der Waals surface area contributed by atoms with Crippen LogP contribution in [0.5, 0.6) is 5.75 Å². The number of allylic oxidation sites excluding steroid dienone is 2. The summed E-state index contributed by atoms with van der Waals surface area (Å²) in [5.41, 5.74) is -2.97. The van der Waals surface area contributed by atoms with E-state index in [2.05, 4.69) is 0 Å². The highest BCUT2D eigenvalue weighted by molar-refractivity contribution is 6.44. The Labute approximate surface area is 118 Å². The van der Waals surface area contributed by atoms with Crippen LogP contribution in [0.2, 0.25) is 0 Å². The van der Waals surface area contributed by atoms with E-state index in [1.807, 2.05) is 0 Å². The van der Waals surface area contributed by atoms with Crippen molar-refractivity contribution in [1.82, 2.24) is 0 Å². The molecule has 0 bridgehead atoms. The molecular weight excluding hydrogens is 297 g/mol. The number of rotatable bonds is 2. The van der Waals surface area contributed by atoms with E-state index in [1.54, 1.807) is 6.07 Å². The molecule has 1 aromatic carbocycles. The monoisotopic (exact) mass is 306 g/mol. The molecular formula is C13H10Cl2F2O2. The molecule has 0 aliphatic heterocycles. The van der Waals surface area contributed by atoms with Crippen molar-refractivity contribution in [2.75, 3.05) is 7.11 Å². The number of ether oxygens (including phenoxy) is 1. The van der Waals surface area contributed by atoms with E-state index < -0.39 is 22.6 Å². The van der Waals surface area contributed by atoms with Gasteiger partial charge in [0.2, 0.25) is 5.67 Å². The summed E-state index contributed by atoms with van der Waals surface area (Å²) in [6, 6.07) is 5.89. The van der Waals surface area contributed by atoms with Gasteiger partial charge in [0.1, 0.15) is 11.9 Å². The Morgan fingerprint density at radius 3 is 2.58 bits per heavy atom. The van der Waals surface area contributed by atoms with Crippen molar-refractivity contribution in [1.29, 1.82) is 0 Å². The van der Waals surface area contributed by atoms with Crippen LogP contribution < -0.4 is 4.74 Å². The van der Waals surface area contributed by atoms with E-state index in [1.165, 1.54) is 25.3 Å². The highest BCUT2D eigenvalue weighted by Crippen LogP contribution is 2.49. The number of hydrogen-bond donors (Lipinski definition) is 1. The molecule has 0 saturated heterocycles. The lowest BCUT2D eigenvalue weighted by molar-refractivity contribution is 0.0253. The number of hydrogen-bond acceptors (Lipinski definition) is 2. The average Bonchev–Trinajstić information content (AvgIpc) is 2.43. The quantitative estimate of drug-likeness (QED) is 0.901. The molecule has 0 saturated carbocycles. The van der Waals surface area contributed by atoms with Gasteiger partial charge in [-0.05, 0) is 12.1 Å². The van der Waals surface area contributed by atoms with Crippen LogP contribution in [0, 0.1) is 0 Å². The van der Waals surface area contributed by atoms with E-state index >= 15 is 4.39 Å². The van der Waals surface area contributed by atoms with Gasteiger partial charge in [-0.25, -0.2) is 8.78 Å². The molecule has 1 aromatic rings. The number of methoxy groups -OCH3 is 1. The minimum atomic E-state index is -2.82. The van der Waals surface area contributed by atoms with E-state index in [4.69, 9.17) is 27.9 Å². The van der Waals surface area contributed by atoms with Crippen LogP contribution in [0.4, 0.5) is 8.78 Å². The lowest BCUT2D eigenvalue weighted by atomic mass is 9.85. The van der Waals surface area contributed by atoms with E-state index in [-0.39, 0.29) is 16.3 Å². The second-order valence-corrected chi connectivity index (χ2v) is 4.78. The number of aliphatic hydroxyl groups excluding tert-OH is 1. The number of halogens is 4. The first-order valence-electron chi connectivity index (χ1n) is 5.36. The lowest BCUT2D eigenvalue weighted by Gasteiger charge is -2.32. The molecule has 6 heteroatoms. The van der Waals surface area contributed by atoms with Crippen LogP contribution in [0.1, 0.15) is 5.56 Å². The van der Waals surface area contributed by atoms with E-state index in [0.717, 1.165) is 6.08 Å². The number of alkyl halides is 1. The van der Waals surface area contributed by atoms with E-state index in [0.29, 0.717) is 0 Å². The Balaban J connectivity index is 2.66. The average molecular weight is 307 g/mol. The summed E-state index contributed by atoms with van der Waals surface area (Å²) < 4.78 is 34.2. The van der Waals surface area contributed by atoms with Crippen molar-refractivity contribution < 1.29 is 18.6 Å². The molecule has 102 valence electrons. The number of para-hydroxylation sites is 1. The summed E-state index contributed by atoms with van der Waals surface area (Å²) >= 11 is 11.2. The zero-order valence-corrected chi connectivity index (χ0v) is 11.3. The van der Waals surface area contributed by atoms with Crippen LogP contribution in [0.25, 0.3) is 0 Å². The van der Waals surface area contributed by atoms with Gasteiger partial charge in [-0.3, -0.25) is 0 Å². The van der Waals surface area contributed by atoms with Gasteiger partial charge in [-0.2, -0.15) is 0 Å². The molecule has 1 aliphatic rings. The van der Waals surface area contributed by atoms with Crippen LogP contribution in [0.15, 0.2) is 46.2 Å². The van der Waals surface area contributed by atoms with Gasteiger partial charge < -0.3 is 9.84 Å². The molecule has 1 aliphatic carbocycles. The summed E-state index contributed by atoms with van der Waals surface area (Å²) in [6.45, 7) is 0. The van der Waals surface area contributed by atoms with Crippen LogP contribution >= 0.6 is 23.2 Å². The van der Waals surface area contributed by atoms with E-state index in [9.17, 15) is 9.50 Å². The molecule has 1 N–H and O–H groups in total. The second-order valence-electron chi connectivity index (χ2n) is 4.00. The standard InChI is InChI=1S/C13H10Cl2F2O2/c1-19-9-5-3-2-4-7(9)13(17)10(18)6-8(14)11(15)12(13)16/h2-6,10,18H,1H3. The summed E-state index contributed by atoms with van der Waals surface area (Å²) in [4.78, 5) is 0. The molecule has 0 fully saturated rings.